The van der Waals surface area contributed by atoms with Gasteiger partial charge in [0.25, 0.3) is 0 Å². The number of hydrogen-bond donors (Lipinski definition) is 9. The third kappa shape index (κ3) is 12.7. The van der Waals surface area contributed by atoms with E-state index in [-0.39, 0.29) is 31.4 Å². The van der Waals surface area contributed by atoms with Crippen LogP contribution in [0.1, 0.15) is 44.1 Å². The first-order valence-electron chi connectivity index (χ1n) is 12.1. The van der Waals surface area contributed by atoms with Crippen LogP contribution in [0.15, 0.2) is 24.3 Å². The van der Waals surface area contributed by atoms with E-state index in [1.165, 1.54) is 24.3 Å². The summed E-state index contributed by atoms with van der Waals surface area (Å²) < 4.78 is 0. The lowest BCUT2D eigenvalue weighted by atomic mass is 10.0. The number of amides is 4. The number of aliphatic carboxylic acids is 3. The van der Waals surface area contributed by atoms with Crippen LogP contribution in [0.2, 0.25) is 0 Å². The molecule has 0 spiro atoms. The van der Waals surface area contributed by atoms with Crippen LogP contribution in [-0.2, 0) is 40.0 Å². The fourth-order valence-electron chi connectivity index (χ4n) is 3.39. The highest BCUT2D eigenvalue weighted by atomic mass is 16.4. The maximum Gasteiger partial charge on any atom is 0.326 e. The number of primary amides is 1. The van der Waals surface area contributed by atoms with Gasteiger partial charge in [-0.3, -0.25) is 28.8 Å². The maximum atomic E-state index is 13.1. The van der Waals surface area contributed by atoms with Gasteiger partial charge in [-0.2, -0.15) is 0 Å². The van der Waals surface area contributed by atoms with Crippen LogP contribution >= 0.6 is 0 Å². The van der Waals surface area contributed by atoms with E-state index in [9.17, 15) is 43.8 Å². The molecule has 0 saturated carbocycles. The van der Waals surface area contributed by atoms with Crippen molar-refractivity contribution in [3.63, 3.8) is 0 Å². The van der Waals surface area contributed by atoms with Gasteiger partial charge in [0.2, 0.25) is 23.6 Å². The number of benzene rings is 1. The van der Waals surface area contributed by atoms with E-state index < -0.39 is 85.0 Å². The summed E-state index contributed by atoms with van der Waals surface area (Å²) in [4.78, 5) is 83.2. The van der Waals surface area contributed by atoms with Crippen molar-refractivity contribution in [1.82, 2.24) is 16.0 Å². The number of carboxylic acids is 3. The summed E-state index contributed by atoms with van der Waals surface area (Å²) >= 11 is 0. The molecule has 0 aliphatic heterocycles. The maximum absolute atomic E-state index is 13.1. The predicted octanol–water partition coefficient (Wildman–Crippen LogP) is -2.20. The van der Waals surface area contributed by atoms with Gasteiger partial charge in [0.1, 0.15) is 23.9 Å². The Bertz CT molecular complexity index is 1090. The monoisotopic (exact) mass is 567 g/mol. The van der Waals surface area contributed by atoms with Crippen LogP contribution < -0.4 is 27.4 Å². The summed E-state index contributed by atoms with van der Waals surface area (Å²) in [5, 5.41) is 43.4. The quantitative estimate of drug-likeness (QED) is 0.0913. The molecule has 16 nitrogen and oxygen atoms in total. The van der Waals surface area contributed by atoms with Crippen molar-refractivity contribution in [2.24, 2.45) is 11.5 Å². The summed E-state index contributed by atoms with van der Waals surface area (Å²) in [6.07, 6.45) is -2.54. The third-order valence-electron chi connectivity index (χ3n) is 5.59. The number of nitrogens with two attached hydrogens (primary N) is 2. The Balaban J connectivity index is 3.17. The van der Waals surface area contributed by atoms with Crippen molar-refractivity contribution in [3.05, 3.63) is 29.8 Å². The minimum atomic E-state index is -1.60. The smallest absolute Gasteiger partial charge is 0.326 e. The Morgan fingerprint density at radius 1 is 0.675 bits per heavy atom. The second-order valence-electron chi connectivity index (χ2n) is 8.87. The van der Waals surface area contributed by atoms with Crippen molar-refractivity contribution >= 4 is 41.5 Å². The van der Waals surface area contributed by atoms with Crippen LogP contribution in [0.3, 0.4) is 0 Å². The van der Waals surface area contributed by atoms with Gasteiger partial charge < -0.3 is 47.8 Å². The molecule has 0 aliphatic carbocycles. The van der Waals surface area contributed by atoms with Gasteiger partial charge in [0.15, 0.2) is 0 Å². The number of carbonyl (C=O) groups excluding carboxylic acids is 4. The Hall–Kier alpha value is -4.73. The van der Waals surface area contributed by atoms with Crippen LogP contribution in [-0.4, -0.2) is 86.1 Å². The van der Waals surface area contributed by atoms with Crippen molar-refractivity contribution < 1.29 is 54.0 Å². The van der Waals surface area contributed by atoms with Crippen LogP contribution in [0.5, 0.6) is 5.75 Å². The van der Waals surface area contributed by atoms with Gasteiger partial charge in [-0.1, -0.05) is 12.1 Å². The van der Waals surface area contributed by atoms with E-state index >= 15 is 0 Å². The number of carboxylic acid groups (broad SMARTS) is 3. The van der Waals surface area contributed by atoms with Crippen LogP contribution in [0.25, 0.3) is 0 Å². The molecule has 4 unspecified atom stereocenters. The number of aromatic hydroxyl groups is 1. The lowest BCUT2D eigenvalue weighted by Gasteiger charge is -2.25. The fraction of sp³-hybridized carbons (Fsp3) is 0.458. The molecule has 4 amide bonds. The summed E-state index contributed by atoms with van der Waals surface area (Å²) in [5.74, 6) is -7.73. The molecule has 0 saturated heterocycles. The first-order valence-corrected chi connectivity index (χ1v) is 12.1. The zero-order chi connectivity index (χ0) is 30.4. The minimum absolute atomic E-state index is 0.0816. The SMILES string of the molecule is NC(=O)CCC(NC(=O)C(N)CCC(=O)O)C(=O)NC(Cc1ccc(O)cc1)C(=O)NC(CCC(=O)O)C(=O)O. The highest BCUT2D eigenvalue weighted by molar-refractivity contribution is 5.94. The fourth-order valence-corrected chi connectivity index (χ4v) is 3.39. The second kappa shape index (κ2) is 16.3. The molecule has 1 rings (SSSR count). The summed E-state index contributed by atoms with van der Waals surface area (Å²) in [7, 11) is 0. The van der Waals surface area contributed by atoms with Crippen molar-refractivity contribution in [1.29, 1.82) is 0 Å². The summed E-state index contributed by atoms with van der Waals surface area (Å²) in [5.41, 5.74) is 11.3. The molecule has 40 heavy (non-hydrogen) atoms. The van der Waals surface area contributed by atoms with E-state index in [1.807, 2.05) is 0 Å². The lowest BCUT2D eigenvalue weighted by Crippen LogP contribution is -2.57. The Labute approximate surface area is 228 Å². The largest absolute Gasteiger partial charge is 0.508 e. The number of phenols is 1. The Kier molecular flexibility index (Phi) is 13.6. The zero-order valence-corrected chi connectivity index (χ0v) is 21.4. The predicted molar refractivity (Wildman–Crippen MR) is 135 cm³/mol. The molecule has 0 aliphatic rings. The molecule has 4 atom stereocenters. The molecule has 220 valence electrons. The highest BCUT2D eigenvalue weighted by Crippen LogP contribution is 2.12. The molecule has 0 radical (unpaired) electrons. The van der Waals surface area contributed by atoms with E-state index in [1.54, 1.807) is 0 Å². The highest BCUT2D eigenvalue weighted by Gasteiger charge is 2.31. The number of nitrogens with one attached hydrogen (secondary N) is 3. The number of rotatable bonds is 18. The third-order valence-corrected chi connectivity index (χ3v) is 5.59. The minimum Gasteiger partial charge on any atom is -0.508 e. The van der Waals surface area contributed by atoms with Gasteiger partial charge in [-0.15, -0.1) is 0 Å². The first-order chi connectivity index (χ1) is 18.7. The van der Waals surface area contributed by atoms with Gasteiger partial charge in [0.05, 0.1) is 6.04 Å². The first kappa shape index (κ1) is 33.3. The standard InChI is InChI=1S/C24H33N5O11/c25-14(5-9-19(32)33)21(36)27-15(6-8-18(26)31)22(37)29-17(11-12-1-3-13(30)4-2-12)23(38)28-16(24(39)40)7-10-20(34)35/h1-4,14-17,30H,5-11,25H2,(H2,26,31)(H,27,36)(H,28,38)(H,29,37)(H,32,33)(H,34,35)(H,39,40). The van der Waals surface area contributed by atoms with Gasteiger partial charge in [-0.05, 0) is 37.0 Å². The van der Waals surface area contributed by atoms with Gasteiger partial charge in [0, 0.05) is 25.7 Å². The Morgan fingerprint density at radius 3 is 1.68 bits per heavy atom. The number of phenolic OH excluding ortho intramolecular Hbond substituents is 1. The average molecular weight is 568 g/mol. The molecule has 0 aromatic heterocycles. The van der Waals surface area contributed by atoms with Gasteiger partial charge in [-0.25, -0.2) is 4.79 Å². The van der Waals surface area contributed by atoms with Crippen LogP contribution in [0, 0.1) is 0 Å². The molecular formula is C24H33N5O11. The summed E-state index contributed by atoms with van der Waals surface area (Å²) in [6, 6.07) is -0.280. The topological polar surface area (TPSA) is 289 Å². The molecule has 1 aromatic carbocycles. The molecule has 16 heteroatoms. The molecule has 0 fully saturated rings. The molecule has 11 N–H and O–H groups in total. The van der Waals surface area contributed by atoms with Crippen molar-refractivity contribution in [2.45, 2.75) is 69.1 Å². The van der Waals surface area contributed by atoms with Crippen molar-refractivity contribution in [2.75, 3.05) is 0 Å². The van der Waals surface area contributed by atoms with E-state index in [0.717, 1.165) is 0 Å². The zero-order valence-electron chi connectivity index (χ0n) is 21.4. The normalized spacial score (nSPS) is 13.6. The van der Waals surface area contributed by atoms with E-state index in [2.05, 4.69) is 16.0 Å². The lowest BCUT2D eigenvalue weighted by molar-refractivity contribution is -0.143. The summed E-state index contributed by atoms with van der Waals surface area (Å²) in [6.45, 7) is 0. The average Bonchev–Trinajstić information content (AvgIpc) is 2.87. The Morgan fingerprint density at radius 2 is 1.15 bits per heavy atom. The van der Waals surface area contributed by atoms with Crippen molar-refractivity contribution in [3.8, 4) is 5.75 Å². The molecule has 0 bridgehead atoms. The van der Waals surface area contributed by atoms with Crippen LogP contribution in [0.4, 0.5) is 0 Å². The number of carbonyl (C=O) groups is 7. The van der Waals surface area contributed by atoms with E-state index in [4.69, 9.17) is 21.7 Å². The molecule has 1 aromatic rings. The molecular weight excluding hydrogens is 534 g/mol. The number of hydrogen-bond acceptors (Lipinski definition) is 9. The van der Waals surface area contributed by atoms with E-state index in [0.29, 0.717) is 5.56 Å². The van der Waals surface area contributed by atoms with Gasteiger partial charge >= 0.3 is 17.9 Å². The molecule has 0 heterocycles. The second-order valence-corrected chi connectivity index (χ2v) is 8.87.